The summed E-state index contributed by atoms with van der Waals surface area (Å²) in [5, 5.41) is 11.2. The van der Waals surface area contributed by atoms with E-state index in [1.54, 1.807) is 25.1 Å². The average molecular weight is 325 g/mol. The third-order valence-corrected chi connectivity index (χ3v) is 3.88. The molecule has 0 aliphatic rings. The summed E-state index contributed by atoms with van der Waals surface area (Å²) < 4.78 is 11.0. The number of nitro groups is 1. The van der Waals surface area contributed by atoms with Crippen molar-refractivity contribution >= 4 is 20.0 Å². The molecule has 0 bridgehead atoms. The van der Waals surface area contributed by atoms with Crippen LogP contribution in [0.3, 0.4) is 0 Å². The van der Waals surface area contributed by atoms with E-state index in [0.717, 1.165) is 0 Å². The maximum atomic E-state index is 11.6. The van der Waals surface area contributed by atoms with Crippen molar-refractivity contribution in [2.45, 2.75) is 45.5 Å². The van der Waals surface area contributed by atoms with Crippen LogP contribution in [-0.4, -0.2) is 25.8 Å². The fourth-order valence-corrected chi connectivity index (χ4v) is 3.21. The summed E-state index contributed by atoms with van der Waals surface area (Å²) in [5.74, 6) is -0.315. The predicted molar refractivity (Wildman–Crippen MR) is 86.1 cm³/mol. The van der Waals surface area contributed by atoms with Gasteiger partial charge in [-0.25, -0.2) is 0 Å². The highest BCUT2D eigenvalue weighted by Gasteiger charge is 2.28. The fraction of sp³-hybridized carbons (Fsp3) is 0.533. The second kappa shape index (κ2) is 8.05. The van der Waals surface area contributed by atoms with E-state index in [-0.39, 0.29) is 18.1 Å². The zero-order valence-electron chi connectivity index (χ0n) is 13.5. The van der Waals surface area contributed by atoms with Gasteiger partial charge in [0.25, 0.3) is 5.69 Å². The smallest absolute Gasteiger partial charge is 0.305 e. The fourth-order valence-electron chi connectivity index (χ4n) is 2.11. The van der Waals surface area contributed by atoms with Crippen molar-refractivity contribution in [2.24, 2.45) is 0 Å². The number of nitrogens with zero attached hydrogens (tertiary/aromatic N) is 1. The van der Waals surface area contributed by atoms with Gasteiger partial charge in [0.2, 0.25) is 0 Å². The second-order valence-corrected chi connectivity index (χ2v) is 10.3. The molecule has 0 radical (unpaired) electrons. The first kappa shape index (κ1) is 18.3. The highest BCUT2D eigenvalue weighted by molar-refractivity contribution is 6.69. The Morgan fingerprint density at radius 2 is 1.95 bits per heavy atom. The minimum Gasteiger partial charge on any atom is -0.466 e. The van der Waals surface area contributed by atoms with Gasteiger partial charge in [-0.3, -0.25) is 14.9 Å². The van der Waals surface area contributed by atoms with Gasteiger partial charge in [-0.15, -0.1) is 0 Å². The molecule has 0 heterocycles. The molecule has 0 aromatic heterocycles. The van der Waals surface area contributed by atoms with Crippen LogP contribution in [0.2, 0.25) is 19.6 Å². The average Bonchev–Trinajstić information content (AvgIpc) is 2.42. The minimum absolute atomic E-state index is 0.0228. The Balaban J connectivity index is 3.00. The zero-order valence-corrected chi connectivity index (χ0v) is 14.5. The van der Waals surface area contributed by atoms with Crippen LogP contribution in [0.15, 0.2) is 24.3 Å². The zero-order chi connectivity index (χ0) is 16.8. The van der Waals surface area contributed by atoms with E-state index >= 15 is 0 Å². The lowest BCUT2D eigenvalue weighted by Gasteiger charge is -2.26. The number of esters is 1. The standard InChI is InChI=1S/C15H23NO5Si/c1-5-20-15(17)11-10-14(21-22(2,3)4)12-8-6-7-9-13(12)16(18)19/h6-9,14H,5,10-11H2,1-4H3. The molecule has 0 saturated carbocycles. The van der Waals surface area contributed by atoms with Gasteiger partial charge in [-0.05, 0) is 39.1 Å². The van der Waals surface area contributed by atoms with Crippen LogP contribution in [0.1, 0.15) is 31.4 Å². The third kappa shape index (κ3) is 5.95. The molecule has 1 aromatic rings. The molecule has 0 amide bonds. The van der Waals surface area contributed by atoms with Gasteiger partial charge in [0.15, 0.2) is 8.32 Å². The number of para-hydroxylation sites is 1. The highest BCUT2D eigenvalue weighted by Crippen LogP contribution is 2.33. The summed E-state index contributed by atoms with van der Waals surface area (Å²) in [6.45, 7) is 8.11. The van der Waals surface area contributed by atoms with Gasteiger partial charge in [-0.1, -0.05) is 12.1 Å². The van der Waals surface area contributed by atoms with E-state index in [1.165, 1.54) is 6.07 Å². The summed E-state index contributed by atoms with van der Waals surface area (Å²) in [7, 11) is -1.93. The highest BCUT2D eigenvalue weighted by atomic mass is 28.4. The lowest BCUT2D eigenvalue weighted by atomic mass is 10.0. The molecule has 0 aliphatic heterocycles. The Labute approximate surface area is 131 Å². The lowest BCUT2D eigenvalue weighted by Crippen LogP contribution is -2.28. The Bertz CT molecular complexity index is 527. The summed E-state index contributed by atoms with van der Waals surface area (Å²) >= 11 is 0. The molecule has 1 unspecified atom stereocenters. The summed E-state index contributed by atoms with van der Waals surface area (Å²) in [6, 6.07) is 6.51. The van der Waals surface area contributed by atoms with Crippen LogP contribution >= 0.6 is 0 Å². The minimum atomic E-state index is -1.93. The van der Waals surface area contributed by atoms with Crippen LogP contribution in [0.4, 0.5) is 5.69 Å². The molecule has 22 heavy (non-hydrogen) atoms. The van der Waals surface area contributed by atoms with Crippen molar-refractivity contribution in [3.05, 3.63) is 39.9 Å². The van der Waals surface area contributed by atoms with E-state index < -0.39 is 19.3 Å². The first-order chi connectivity index (χ1) is 10.2. The van der Waals surface area contributed by atoms with Crippen molar-refractivity contribution in [3.63, 3.8) is 0 Å². The lowest BCUT2D eigenvalue weighted by molar-refractivity contribution is -0.386. The third-order valence-electron chi connectivity index (χ3n) is 2.89. The Kier molecular flexibility index (Phi) is 6.70. The van der Waals surface area contributed by atoms with Crippen molar-refractivity contribution in [2.75, 3.05) is 6.61 Å². The first-order valence-corrected chi connectivity index (χ1v) is 10.7. The van der Waals surface area contributed by atoms with Crippen LogP contribution < -0.4 is 0 Å². The summed E-state index contributed by atoms with van der Waals surface area (Å²) in [6.07, 6.45) is 0.0703. The van der Waals surface area contributed by atoms with Gasteiger partial charge >= 0.3 is 5.97 Å². The maximum Gasteiger partial charge on any atom is 0.305 e. The van der Waals surface area contributed by atoms with E-state index in [1.807, 2.05) is 19.6 Å². The van der Waals surface area contributed by atoms with Gasteiger partial charge in [-0.2, -0.15) is 0 Å². The van der Waals surface area contributed by atoms with Gasteiger partial charge in [0, 0.05) is 12.5 Å². The quantitative estimate of drug-likeness (QED) is 0.314. The largest absolute Gasteiger partial charge is 0.466 e. The normalized spacial score (nSPS) is 12.7. The topological polar surface area (TPSA) is 78.7 Å². The van der Waals surface area contributed by atoms with Crippen LogP contribution in [0.5, 0.6) is 0 Å². The number of ether oxygens (including phenoxy) is 1. The molecule has 1 rings (SSSR count). The second-order valence-electron chi connectivity index (χ2n) is 5.88. The molecule has 0 N–H and O–H groups in total. The molecule has 6 nitrogen and oxygen atoms in total. The molecule has 1 atom stereocenters. The number of carbonyl (C=O) groups is 1. The van der Waals surface area contributed by atoms with Crippen LogP contribution in [0.25, 0.3) is 0 Å². The summed E-state index contributed by atoms with van der Waals surface area (Å²) in [5.41, 5.74) is 0.536. The molecule has 0 fully saturated rings. The Morgan fingerprint density at radius 1 is 1.32 bits per heavy atom. The van der Waals surface area contributed by atoms with Gasteiger partial charge < -0.3 is 9.16 Å². The monoisotopic (exact) mass is 325 g/mol. The molecule has 0 saturated heterocycles. The molecule has 7 heteroatoms. The Hall–Kier alpha value is -1.73. The van der Waals surface area contributed by atoms with Crippen molar-refractivity contribution in [1.82, 2.24) is 0 Å². The van der Waals surface area contributed by atoms with Gasteiger partial charge in [0.1, 0.15) is 0 Å². The molecule has 1 aromatic carbocycles. The first-order valence-electron chi connectivity index (χ1n) is 7.31. The molecule has 122 valence electrons. The number of carbonyl (C=O) groups excluding carboxylic acids is 1. The molecular formula is C15H23NO5Si. The predicted octanol–water partition coefficient (Wildman–Crippen LogP) is 3.83. The number of rotatable bonds is 8. The molecule has 0 aliphatic carbocycles. The Morgan fingerprint density at radius 3 is 2.50 bits per heavy atom. The van der Waals surface area contributed by atoms with E-state index in [0.29, 0.717) is 18.6 Å². The van der Waals surface area contributed by atoms with E-state index in [9.17, 15) is 14.9 Å². The van der Waals surface area contributed by atoms with E-state index in [2.05, 4.69) is 0 Å². The molecular weight excluding hydrogens is 302 g/mol. The van der Waals surface area contributed by atoms with Gasteiger partial charge in [0.05, 0.1) is 23.2 Å². The number of hydrogen-bond donors (Lipinski definition) is 0. The maximum absolute atomic E-state index is 11.6. The van der Waals surface area contributed by atoms with Crippen LogP contribution in [-0.2, 0) is 14.0 Å². The summed E-state index contributed by atoms with van der Waals surface area (Å²) in [4.78, 5) is 22.3. The van der Waals surface area contributed by atoms with Crippen molar-refractivity contribution in [1.29, 1.82) is 0 Å². The SMILES string of the molecule is CCOC(=O)CCC(O[Si](C)(C)C)c1ccccc1[N+](=O)[O-]. The molecule has 0 spiro atoms. The number of benzene rings is 1. The van der Waals surface area contributed by atoms with Crippen LogP contribution in [0, 0.1) is 10.1 Å². The van der Waals surface area contributed by atoms with E-state index in [4.69, 9.17) is 9.16 Å². The number of hydrogen-bond acceptors (Lipinski definition) is 5. The van der Waals surface area contributed by atoms with Crippen molar-refractivity contribution in [3.8, 4) is 0 Å². The van der Waals surface area contributed by atoms with Crippen molar-refractivity contribution < 1.29 is 18.9 Å². The number of nitro benzene ring substituents is 1.